The zero-order valence-corrected chi connectivity index (χ0v) is 12.7. The van der Waals surface area contributed by atoms with Crippen LogP contribution in [0.25, 0.3) is 0 Å². The molecule has 1 aromatic carbocycles. The molecule has 6 nitrogen and oxygen atoms in total. The lowest BCUT2D eigenvalue weighted by atomic mass is 9.82. The monoisotopic (exact) mass is 359 g/mol. The molecule has 1 saturated heterocycles. The number of halogens is 3. The summed E-state index contributed by atoms with van der Waals surface area (Å²) in [5, 5.41) is 11.7. The summed E-state index contributed by atoms with van der Waals surface area (Å²) in [7, 11) is 0. The van der Waals surface area contributed by atoms with Crippen LogP contribution in [0.4, 0.5) is 14.5 Å². The molecule has 0 unspecified atom stereocenters. The number of ether oxygens (including phenoxy) is 2. The summed E-state index contributed by atoms with van der Waals surface area (Å²) in [4.78, 5) is 23.8. The summed E-state index contributed by atoms with van der Waals surface area (Å²) in [5.41, 5.74) is 0.238. The molecule has 0 aliphatic carbocycles. The van der Waals surface area contributed by atoms with Gasteiger partial charge in [0.05, 0.1) is 23.1 Å². The van der Waals surface area contributed by atoms with Gasteiger partial charge in [-0.1, -0.05) is 23.8 Å². The number of amides is 1. The van der Waals surface area contributed by atoms with Gasteiger partial charge >= 0.3 is 12.6 Å². The number of nitrogens with one attached hydrogen (secondary N) is 1. The molecule has 2 bridgehead atoms. The van der Waals surface area contributed by atoms with Crippen LogP contribution in [0.2, 0.25) is 5.02 Å². The number of carbonyl (C=O) groups excluding carboxylic acids is 1. The second-order valence-electron chi connectivity index (χ2n) is 5.35. The van der Waals surface area contributed by atoms with E-state index in [4.69, 9.17) is 16.3 Å². The standard InChI is InChI=1S/C15H12ClF2NO5/c16-7-5-6(1-2-8(7)24-15(17)18)19-13(20)11-9-3-4-10(23-9)12(11)14(21)22/h1-5,9-12,15H,(H,19,20)(H,21,22)/t9-,10+,11+,12-/m1/s1. The van der Waals surface area contributed by atoms with Gasteiger partial charge in [0.15, 0.2) is 0 Å². The van der Waals surface area contributed by atoms with E-state index < -0.39 is 42.5 Å². The molecule has 0 aromatic heterocycles. The van der Waals surface area contributed by atoms with Crippen molar-refractivity contribution in [2.75, 3.05) is 5.32 Å². The summed E-state index contributed by atoms with van der Waals surface area (Å²) in [5.74, 6) is -3.74. The Kier molecular flexibility index (Phi) is 4.42. The Labute approximate surface area is 140 Å². The molecular weight excluding hydrogens is 348 g/mol. The highest BCUT2D eigenvalue weighted by atomic mass is 35.5. The van der Waals surface area contributed by atoms with Gasteiger partial charge in [0.25, 0.3) is 0 Å². The van der Waals surface area contributed by atoms with Crippen molar-refractivity contribution in [3.05, 3.63) is 35.4 Å². The second kappa shape index (κ2) is 6.37. The minimum Gasteiger partial charge on any atom is -0.481 e. The normalized spacial score (nSPS) is 27.5. The number of fused-ring (bicyclic) bond motifs is 2. The molecule has 2 aliphatic heterocycles. The highest BCUT2D eigenvalue weighted by molar-refractivity contribution is 6.32. The first-order valence-corrected chi connectivity index (χ1v) is 7.36. The number of alkyl halides is 2. The first kappa shape index (κ1) is 16.7. The highest BCUT2D eigenvalue weighted by Crippen LogP contribution is 2.40. The molecule has 0 saturated carbocycles. The summed E-state index contributed by atoms with van der Waals surface area (Å²) < 4.78 is 34.0. The van der Waals surface area contributed by atoms with E-state index in [1.54, 1.807) is 12.2 Å². The fourth-order valence-corrected chi connectivity index (χ4v) is 3.14. The third-order valence-electron chi connectivity index (χ3n) is 3.90. The van der Waals surface area contributed by atoms with Gasteiger partial charge in [-0.2, -0.15) is 8.78 Å². The fraction of sp³-hybridized carbons (Fsp3) is 0.333. The van der Waals surface area contributed by atoms with Crippen LogP contribution in [0, 0.1) is 11.8 Å². The van der Waals surface area contributed by atoms with Crippen molar-refractivity contribution in [2.24, 2.45) is 11.8 Å². The van der Waals surface area contributed by atoms with Gasteiger partial charge in [-0.25, -0.2) is 0 Å². The average molecular weight is 360 g/mol. The molecule has 2 heterocycles. The topological polar surface area (TPSA) is 84.9 Å². The van der Waals surface area contributed by atoms with Gasteiger partial charge < -0.3 is 19.9 Å². The van der Waals surface area contributed by atoms with Crippen LogP contribution in [0.1, 0.15) is 0 Å². The lowest BCUT2D eigenvalue weighted by Crippen LogP contribution is -2.39. The zero-order chi connectivity index (χ0) is 17.4. The highest BCUT2D eigenvalue weighted by Gasteiger charge is 2.53. The minimum absolute atomic E-state index is 0.105. The Morgan fingerprint density at radius 2 is 1.92 bits per heavy atom. The third kappa shape index (κ3) is 3.07. The molecular formula is C15H12ClF2NO5. The third-order valence-corrected chi connectivity index (χ3v) is 4.20. The van der Waals surface area contributed by atoms with Crippen LogP contribution in [-0.2, 0) is 14.3 Å². The van der Waals surface area contributed by atoms with Crippen molar-refractivity contribution in [3.8, 4) is 5.75 Å². The van der Waals surface area contributed by atoms with E-state index in [0.717, 1.165) is 0 Å². The quantitative estimate of drug-likeness (QED) is 0.789. The maximum absolute atomic E-state index is 12.4. The van der Waals surface area contributed by atoms with E-state index in [1.165, 1.54) is 18.2 Å². The van der Waals surface area contributed by atoms with Crippen molar-refractivity contribution in [1.29, 1.82) is 0 Å². The molecule has 1 aromatic rings. The molecule has 128 valence electrons. The number of aliphatic carboxylic acids is 1. The lowest BCUT2D eigenvalue weighted by Gasteiger charge is -2.21. The van der Waals surface area contributed by atoms with Crippen molar-refractivity contribution < 1.29 is 33.0 Å². The number of hydrogen-bond acceptors (Lipinski definition) is 4. The van der Waals surface area contributed by atoms with Gasteiger partial charge in [-0.3, -0.25) is 9.59 Å². The first-order chi connectivity index (χ1) is 11.4. The maximum Gasteiger partial charge on any atom is 0.387 e. The van der Waals surface area contributed by atoms with Gasteiger partial charge in [0.1, 0.15) is 11.7 Å². The van der Waals surface area contributed by atoms with Crippen molar-refractivity contribution in [1.82, 2.24) is 0 Å². The predicted octanol–water partition coefficient (Wildman–Crippen LogP) is 2.53. The molecule has 2 aliphatic rings. The first-order valence-electron chi connectivity index (χ1n) is 6.98. The smallest absolute Gasteiger partial charge is 0.387 e. The van der Waals surface area contributed by atoms with Crippen molar-refractivity contribution in [3.63, 3.8) is 0 Å². The fourth-order valence-electron chi connectivity index (χ4n) is 2.91. The minimum atomic E-state index is -3.02. The summed E-state index contributed by atoms with van der Waals surface area (Å²) in [6.45, 7) is -3.02. The number of carboxylic acid groups (broad SMARTS) is 1. The molecule has 0 radical (unpaired) electrons. The number of benzene rings is 1. The Balaban J connectivity index is 1.74. The van der Waals surface area contributed by atoms with Crippen LogP contribution < -0.4 is 10.1 Å². The molecule has 9 heteroatoms. The second-order valence-corrected chi connectivity index (χ2v) is 5.76. The Hall–Kier alpha value is -2.19. The summed E-state index contributed by atoms with van der Waals surface area (Å²) >= 11 is 5.82. The number of carboxylic acids is 1. The predicted molar refractivity (Wildman–Crippen MR) is 79.1 cm³/mol. The maximum atomic E-state index is 12.4. The lowest BCUT2D eigenvalue weighted by molar-refractivity contribution is -0.145. The van der Waals surface area contributed by atoms with Crippen LogP contribution in [-0.4, -0.2) is 35.8 Å². The molecule has 1 fully saturated rings. The van der Waals surface area contributed by atoms with Gasteiger partial charge in [0, 0.05) is 5.69 Å². The molecule has 1 amide bonds. The van der Waals surface area contributed by atoms with E-state index in [2.05, 4.69) is 10.1 Å². The number of carbonyl (C=O) groups is 2. The van der Waals surface area contributed by atoms with Crippen LogP contribution in [0.5, 0.6) is 5.75 Å². The molecule has 0 spiro atoms. The molecule has 2 N–H and O–H groups in total. The molecule has 4 atom stereocenters. The average Bonchev–Trinajstić information content (AvgIpc) is 3.10. The summed E-state index contributed by atoms with van der Waals surface area (Å²) in [6, 6.07) is 3.77. The van der Waals surface area contributed by atoms with Gasteiger partial charge in [-0.05, 0) is 18.2 Å². The van der Waals surface area contributed by atoms with Crippen LogP contribution in [0.15, 0.2) is 30.4 Å². The number of hydrogen-bond donors (Lipinski definition) is 2. The van der Waals surface area contributed by atoms with Crippen LogP contribution in [0.3, 0.4) is 0 Å². The number of rotatable bonds is 5. The Morgan fingerprint density at radius 1 is 1.25 bits per heavy atom. The van der Waals surface area contributed by atoms with Crippen molar-refractivity contribution in [2.45, 2.75) is 18.8 Å². The van der Waals surface area contributed by atoms with E-state index in [9.17, 15) is 23.5 Å². The molecule has 24 heavy (non-hydrogen) atoms. The van der Waals surface area contributed by atoms with E-state index in [0.29, 0.717) is 0 Å². The number of anilines is 1. The van der Waals surface area contributed by atoms with Crippen LogP contribution >= 0.6 is 11.6 Å². The van der Waals surface area contributed by atoms with Crippen molar-refractivity contribution >= 4 is 29.2 Å². The van der Waals surface area contributed by atoms with Gasteiger partial charge in [0.2, 0.25) is 5.91 Å². The summed E-state index contributed by atoms with van der Waals surface area (Å²) in [6.07, 6.45) is 2.04. The Morgan fingerprint density at radius 3 is 2.50 bits per heavy atom. The largest absolute Gasteiger partial charge is 0.481 e. The van der Waals surface area contributed by atoms with E-state index in [-0.39, 0.29) is 16.5 Å². The Bertz CT molecular complexity index is 711. The van der Waals surface area contributed by atoms with Gasteiger partial charge in [-0.15, -0.1) is 0 Å². The zero-order valence-electron chi connectivity index (χ0n) is 12.0. The molecule has 3 rings (SSSR count). The van der Waals surface area contributed by atoms with E-state index >= 15 is 0 Å². The SMILES string of the molecule is O=C(Nc1ccc(OC(F)F)c(Cl)c1)[C@@H]1[C@H](C(=O)O)[C@@H]2C=C[C@H]1O2. The van der Waals surface area contributed by atoms with E-state index in [1.807, 2.05) is 0 Å².